The maximum Gasteiger partial charge on any atom is 0.339 e. The highest BCUT2D eigenvalue weighted by Gasteiger charge is 2.12. The van der Waals surface area contributed by atoms with Gasteiger partial charge in [0.25, 0.3) is 0 Å². The van der Waals surface area contributed by atoms with Crippen LogP contribution in [0.5, 0.6) is 0 Å². The van der Waals surface area contributed by atoms with Crippen LogP contribution in [-0.2, 0) is 9.53 Å². The SMILES string of the molecule is COC(=O)c1ccccc1NC(=O)CCNc1ccc(C)c(Br)c1. The van der Waals surface area contributed by atoms with Crippen molar-refractivity contribution in [3.8, 4) is 0 Å². The Labute approximate surface area is 149 Å². The van der Waals surface area contributed by atoms with Gasteiger partial charge in [-0.1, -0.05) is 34.1 Å². The van der Waals surface area contributed by atoms with E-state index >= 15 is 0 Å². The standard InChI is InChI=1S/C18H19BrN2O3/c1-12-7-8-13(11-15(12)19)20-10-9-17(22)21-16-6-4-3-5-14(16)18(23)24-2/h3-8,11,20H,9-10H2,1-2H3,(H,21,22). The summed E-state index contributed by atoms with van der Waals surface area (Å²) in [4.78, 5) is 23.8. The van der Waals surface area contributed by atoms with E-state index in [-0.39, 0.29) is 12.3 Å². The molecule has 0 spiro atoms. The fourth-order valence-electron chi connectivity index (χ4n) is 2.12. The Bertz CT molecular complexity index is 747. The van der Waals surface area contributed by atoms with E-state index < -0.39 is 5.97 Å². The number of carbonyl (C=O) groups excluding carboxylic acids is 2. The number of halogens is 1. The average molecular weight is 391 g/mol. The van der Waals surface area contributed by atoms with Gasteiger partial charge in [0.2, 0.25) is 5.91 Å². The van der Waals surface area contributed by atoms with Crippen molar-refractivity contribution in [2.24, 2.45) is 0 Å². The molecular weight excluding hydrogens is 372 g/mol. The minimum absolute atomic E-state index is 0.176. The summed E-state index contributed by atoms with van der Waals surface area (Å²) in [5, 5.41) is 5.94. The van der Waals surface area contributed by atoms with E-state index in [0.717, 1.165) is 15.7 Å². The first kappa shape index (κ1) is 18.0. The summed E-state index contributed by atoms with van der Waals surface area (Å²) in [6.07, 6.45) is 0.279. The number of hydrogen-bond acceptors (Lipinski definition) is 4. The topological polar surface area (TPSA) is 67.4 Å². The van der Waals surface area contributed by atoms with Gasteiger partial charge in [-0.25, -0.2) is 4.79 Å². The second-order valence-electron chi connectivity index (χ2n) is 5.23. The Morgan fingerprint density at radius 3 is 2.62 bits per heavy atom. The van der Waals surface area contributed by atoms with Crippen LogP contribution in [-0.4, -0.2) is 25.5 Å². The maximum atomic E-state index is 12.1. The zero-order valence-corrected chi connectivity index (χ0v) is 15.1. The van der Waals surface area contributed by atoms with Gasteiger partial charge in [0.15, 0.2) is 0 Å². The van der Waals surface area contributed by atoms with Crippen molar-refractivity contribution in [3.05, 3.63) is 58.1 Å². The molecule has 2 aromatic carbocycles. The summed E-state index contributed by atoms with van der Waals surface area (Å²) in [6, 6.07) is 12.7. The van der Waals surface area contributed by atoms with E-state index in [1.807, 2.05) is 25.1 Å². The molecule has 0 radical (unpaired) electrons. The van der Waals surface area contributed by atoms with Crippen LogP contribution in [0, 0.1) is 6.92 Å². The first-order valence-electron chi connectivity index (χ1n) is 7.48. The first-order valence-corrected chi connectivity index (χ1v) is 8.28. The van der Waals surface area contributed by atoms with Gasteiger partial charge in [0.05, 0.1) is 18.4 Å². The molecule has 5 nitrogen and oxygen atoms in total. The van der Waals surface area contributed by atoms with Crippen molar-refractivity contribution in [1.29, 1.82) is 0 Å². The van der Waals surface area contributed by atoms with E-state index in [2.05, 4.69) is 26.6 Å². The third-order valence-electron chi connectivity index (χ3n) is 3.46. The molecule has 0 saturated heterocycles. The lowest BCUT2D eigenvalue weighted by Crippen LogP contribution is -2.18. The van der Waals surface area contributed by atoms with E-state index in [9.17, 15) is 9.59 Å². The smallest absolute Gasteiger partial charge is 0.339 e. The minimum Gasteiger partial charge on any atom is -0.465 e. The molecule has 0 bridgehead atoms. The summed E-state index contributed by atoms with van der Waals surface area (Å²) in [7, 11) is 1.31. The van der Waals surface area contributed by atoms with E-state index in [1.54, 1.807) is 24.3 Å². The predicted octanol–water partition coefficient (Wildman–Crippen LogP) is 3.98. The summed E-state index contributed by atoms with van der Waals surface area (Å²) in [5.41, 5.74) is 2.88. The van der Waals surface area contributed by atoms with Gasteiger partial charge in [0, 0.05) is 23.1 Å². The molecule has 6 heteroatoms. The molecule has 0 saturated carbocycles. The molecule has 0 aromatic heterocycles. The number of amides is 1. The normalized spacial score (nSPS) is 10.1. The Balaban J connectivity index is 1.90. The third-order valence-corrected chi connectivity index (χ3v) is 4.31. The molecule has 24 heavy (non-hydrogen) atoms. The van der Waals surface area contributed by atoms with Crippen LogP contribution in [0.4, 0.5) is 11.4 Å². The van der Waals surface area contributed by atoms with Crippen molar-refractivity contribution in [2.45, 2.75) is 13.3 Å². The number of para-hydroxylation sites is 1. The summed E-state index contributed by atoms with van der Waals surface area (Å²) in [5.74, 6) is -0.654. The van der Waals surface area contributed by atoms with Gasteiger partial charge in [0.1, 0.15) is 0 Å². The second-order valence-corrected chi connectivity index (χ2v) is 6.08. The molecule has 126 valence electrons. The lowest BCUT2D eigenvalue weighted by Gasteiger charge is -2.11. The van der Waals surface area contributed by atoms with Gasteiger partial charge in [-0.15, -0.1) is 0 Å². The number of nitrogens with one attached hydrogen (secondary N) is 2. The number of ether oxygens (including phenoxy) is 1. The number of esters is 1. The monoisotopic (exact) mass is 390 g/mol. The molecule has 1 amide bonds. The van der Waals surface area contributed by atoms with Gasteiger partial charge in [-0.2, -0.15) is 0 Å². The highest BCUT2D eigenvalue weighted by atomic mass is 79.9. The molecule has 0 aliphatic carbocycles. The lowest BCUT2D eigenvalue weighted by molar-refractivity contribution is -0.115. The predicted molar refractivity (Wildman–Crippen MR) is 98.4 cm³/mol. The number of carbonyl (C=O) groups is 2. The molecule has 0 aliphatic rings. The highest BCUT2D eigenvalue weighted by molar-refractivity contribution is 9.10. The molecule has 2 N–H and O–H groups in total. The van der Waals surface area contributed by atoms with Crippen LogP contribution in [0.15, 0.2) is 46.9 Å². The van der Waals surface area contributed by atoms with E-state index in [0.29, 0.717) is 17.8 Å². The Kier molecular flexibility index (Phi) is 6.37. The van der Waals surface area contributed by atoms with Crippen LogP contribution >= 0.6 is 15.9 Å². The zero-order chi connectivity index (χ0) is 17.5. The first-order chi connectivity index (χ1) is 11.5. The Morgan fingerprint density at radius 1 is 1.17 bits per heavy atom. The van der Waals surface area contributed by atoms with E-state index in [4.69, 9.17) is 4.74 Å². The molecule has 0 aliphatic heterocycles. The van der Waals surface area contributed by atoms with Crippen LogP contribution in [0.1, 0.15) is 22.3 Å². The Morgan fingerprint density at radius 2 is 1.92 bits per heavy atom. The van der Waals surface area contributed by atoms with Crippen LogP contribution in [0.25, 0.3) is 0 Å². The number of benzene rings is 2. The summed E-state index contributed by atoms with van der Waals surface area (Å²) in [6.45, 7) is 2.50. The number of hydrogen-bond donors (Lipinski definition) is 2. The van der Waals surface area contributed by atoms with Gasteiger partial charge in [-0.05, 0) is 36.8 Å². The molecule has 0 heterocycles. The maximum absolute atomic E-state index is 12.1. The number of aryl methyl sites for hydroxylation is 1. The van der Waals surface area contributed by atoms with Gasteiger partial charge < -0.3 is 15.4 Å². The zero-order valence-electron chi connectivity index (χ0n) is 13.6. The third kappa shape index (κ3) is 4.83. The fourth-order valence-corrected chi connectivity index (χ4v) is 2.49. The van der Waals surface area contributed by atoms with Crippen LogP contribution < -0.4 is 10.6 Å². The van der Waals surface area contributed by atoms with E-state index in [1.165, 1.54) is 7.11 Å². The quantitative estimate of drug-likeness (QED) is 0.731. The molecule has 2 aromatic rings. The van der Waals surface area contributed by atoms with Crippen LogP contribution in [0.3, 0.4) is 0 Å². The van der Waals surface area contributed by atoms with Crippen molar-refractivity contribution in [1.82, 2.24) is 0 Å². The van der Waals surface area contributed by atoms with Gasteiger partial charge in [-0.3, -0.25) is 4.79 Å². The van der Waals surface area contributed by atoms with Crippen molar-refractivity contribution < 1.29 is 14.3 Å². The average Bonchev–Trinajstić information content (AvgIpc) is 2.58. The molecule has 0 unspecified atom stereocenters. The molecule has 0 fully saturated rings. The van der Waals surface area contributed by atoms with Gasteiger partial charge >= 0.3 is 5.97 Å². The van der Waals surface area contributed by atoms with Crippen LogP contribution in [0.2, 0.25) is 0 Å². The second kappa shape index (κ2) is 8.49. The fraction of sp³-hybridized carbons (Fsp3) is 0.222. The molecule has 2 rings (SSSR count). The summed E-state index contributed by atoms with van der Waals surface area (Å²) >= 11 is 3.48. The largest absolute Gasteiger partial charge is 0.465 e. The molecular formula is C18H19BrN2O3. The van der Waals surface area contributed by atoms with Crippen molar-refractivity contribution >= 4 is 39.2 Å². The summed E-state index contributed by atoms with van der Waals surface area (Å²) < 4.78 is 5.73. The number of anilines is 2. The van der Waals surface area contributed by atoms with Crippen molar-refractivity contribution in [2.75, 3.05) is 24.3 Å². The Hall–Kier alpha value is -2.34. The lowest BCUT2D eigenvalue weighted by atomic mass is 10.1. The highest BCUT2D eigenvalue weighted by Crippen LogP contribution is 2.20. The van der Waals surface area contributed by atoms with Crippen molar-refractivity contribution in [3.63, 3.8) is 0 Å². The number of methoxy groups -OCH3 is 1. The molecule has 0 atom stereocenters. The number of rotatable bonds is 6. The minimum atomic E-state index is -0.478.